The molecule has 3 N–H and O–H groups in total. The van der Waals surface area contributed by atoms with Crippen LogP contribution in [0.25, 0.3) is 21.8 Å². The number of amides is 4. The molecule has 3 aliphatic heterocycles. The van der Waals surface area contributed by atoms with Crippen molar-refractivity contribution in [1.82, 2.24) is 30.2 Å². The zero-order valence-corrected chi connectivity index (χ0v) is 41.2. The van der Waals surface area contributed by atoms with Gasteiger partial charge >= 0.3 is 12.3 Å². The lowest BCUT2D eigenvalue weighted by Gasteiger charge is -2.38. The van der Waals surface area contributed by atoms with Gasteiger partial charge in [-0.25, -0.2) is 18.2 Å². The molecular formula is C48H59F3N6O11S2. The third-order valence-corrected chi connectivity index (χ3v) is 16.5. The summed E-state index contributed by atoms with van der Waals surface area (Å²) >= 11 is 1.35. The summed E-state index contributed by atoms with van der Waals surface area (Å²) in [6, 6.07) is 7.64. The maximum atomic E-state index is 15.2. The summed E-state index contributed by atoms with van der Waals surface area (Å²) < 4.78 is 101. The summed E-state index contributed by atoms with van der Waals surface area (Å²) in [4.78, 5) is 69.0. The molecule has 22 heteroatoms. The number of alkyl halides is 3. The van der Waals surface area contributed by atoms with E-state index < -0.39 is 105 Å². The summed E-state index contributed by atoms with van der Waals surface area (Å²) in [6.45, 7) is 7.62. The van der Waals surface area contributed by atoms with E-state index in [1.807, 2.05) is 38.1 Å². The van der Waals surface area contributed by atoms with Gasteiger partial charge in [-0.05, 0) is 96.9 Å². The summed E-state index contributed by atoms with van der Waals surface area (Å²) in [6.07, 6.45) is -3.14. The Morgan fingerprint density at radius 2 is 1.83 bits per heavy atom. The highest BCUT2D eigenvalue weighted by Crippen LogP contribution is 2.48. The third-order valence-electron chi connectivity index (χ3n) is 13.6. The van der Waals surface area contributed by atoms with E-state index in [2.05, 4.69) is 20.3 Å². The summed E-state index contributed by atoms with van der Waals surface area (Å²) in [5.74, 6) is -2.27. The number of carbonyl (C=O) groups excluding carboxylic acids is 4. The molecule has 2 saturated carbocycles. The number of nitrogens with one attached hydrogen (secondary N) is 3. The van der Waals surface area contributed by atoms with E-state index >= 15 is 4.79 Å². The van der Waals surface area contributed by atoms with E-state index in [4.69, 9.17) is 28.7 Å². The molecule has 8 atom stereocenters. The lowest BCUT2D eigenvalue weighted by atomic mass is 9.96. The van der Waals surface area contributed by atoms with Crippen molar-refractivity contribution in [3.05, 3.63) is 60.3 Å². The molecule has 2 aromatic heterocycles. The number of thiazole rings is 1. The Labute approximate surface area is 408 Å². The molecule has 5 heterocycles. The monoisotopic (exact) mass is 1020 g/mol. The number of alkyl carbamates (subject to hydrolysis) is 1. The van der Waals surface area contributed by atoms with Crippen LogP contribution < -0.4 is 24.8 Å². The molecule has 4 amide bonds. The number of hydrogen-bond acceptors (Lipinski definition) is 14. The predicted molar refractivity (Wildman–Crippen MR) is 250 cm³/mol. The Morgan fingerprint density at radius 3 is 2.47 bits per heavy atom. The van der Waals surface area contributed by atoms with Crippen LogP contribution in [-0.2, 0) is 38.6 Å². The largest absolute Gasteiger partial charge is 0.491 e. The minimum atomic E-state index is -5.02. The molecule has 2 saturated heterocycles. The molecular weight excluding hydrogens is 958 g/mol. The van der Waals surface area contributed by atoms with Gasteiger partial charge in [0.2, 0.25) is 27.4 Å². The lowest BCUT2D eigenvalue weighted by Crippen LogP contribution is -2.62. The standard InChI is InChI=1S/C48H59F3N6O11S2/c1-6-38-40(54-44(61)68-46(48(49,50)51)16-9-19-64-26-46)42(59)57-25-34(67-33-20-35(53-36(21-33)39-24-52-27-69-39)30-12-14-32(15-13-30)65-28(2)3)22-37(57)41(58)55-47(23-31(47)11-8-7-10-29(4)66-38)43(60)56-70(62,63)45(5)17-18-45/h8,11-15,20-21,24,27-29,31,34,37-38,40H,6-7,9-10,16-19,22-23,25-26H2,1-5H3,(H,54,61)(H,55,58)(H,56,60)/b11-8-/t29-,31-,34-,37+,38+,40+,46?,47-/m1/s1. The van der Waals surface area contributed by atoms with E-state index in [1.54, 1.807) is 49.8 Å². The van der Waals surface area contributed by atoms with E-state index in [9.17, 15) is 36.0 Å². The number of nitrogens with zero attached hydrogens (tertiary/aromatic N) is 3. The second kappa shape index (κ2) is 20.1. The molecule has 0 radical (unpaired) electrons. The Hall–Kier alpha value is -5.32. The van der Waals surface area contributed by atoms with Crippen LogP contribution in [0, 0.1) is 5.92 Å². The van der Waals surface area contributed by atoms with Crippen molar-refractivity contribution in [1.29, 1.82) is 0 Å². The Kier molecular flexibility index (Phi) is 14.6. The van der Waals surface area contributed by atoms with E-state index in [0.717, 1.165) is 15.3 Å². The van der Waals surface area contributed by atoms with Crippen LogP contribution in [0.5, 0.6) is 11.5 Å². The molecule has 0 spiro atoms. The number of pyridine rings is 1. The molecule has 380 valence electrons. The molecule has 1 unspecified atom stereocenters. The van der Waals surface area contributed by atoms with Crippen LogP contribution in [0.4, 0.5) is 18.0 Å². The fourth-order valence-corrected chi connectivity index (χ4v) is 11.0. The molecule has 70 heavy (non-hydrogen) atoms. The molecule has 17 nitrogen and oxygen atoms in total. The van der Waals surface area contributed by atoms with E-state index in [0.29, 0.717) is 48.6 Å². The molecule has 3 aromatic rings. The van der Waals surface area contributed by atoms with Gasteiger partial charge in [-0.1, -0.05) is 19.1 Å². The van der Waals surface area contributed by atoms with Crippen molar-refractivity contribution in [3.8, 4) is 33.3 Å². The van der Waals surface area contributed by atoms with Crippen LogP contribution in [0.3, 0.4) is 0 Å². The first-order valence-electron chi connectivity index (χ1n) is 23.6. The van der Waals surface area contributed by atoms with Crippen molar-refractivity contribution in [2.24, 2.45) is 5.92 Å². The maximum Gasteiger partial charge on any atom is 0.430 e. The summed E-state index contributed by atoms with van der Waals surface area (Å²) in [7, 11) is -4.13. The van der Waals surface area contributed by atoms with Gasteiger partial charge in [0.05, 0.1) is 58.0 Å². The normalized spacial score (nSPS) is 29.6. The van der Waals surface area contributed by atoms with Gasteiger partial charge in [0.1, 0.15) is 35.2 Å². The van der Waals surface area contributed by atoms with Crippen molar-refractivity contribution in [2.45, 2.75) is 151 Å². The highest BCUT2D eigenvalue weighted by Gasteiger charge is 2.64. The minimum Gasteiger partial charge on any atom is -0.491 e. The van der Waals surface area contributed by atoms with Crippen LogP contribution in [0.1, 0.15) is 92.4 Å². The number of hydrogen-bond donors (Lipinski definition) is 3. The second-order valence-electron chi connectivity index (χ2n) is 19.3. The van der Waals surface area contributed by atoms with Crippen molar-refractivity contribution in [3.63, 3.8) is 0 Å². The van der Waals surface area contributed by atoms with Gasteiger partial charge in [0.25, 0.3) is 5.91 Å². The number of ether oxygens (including phenoxy) is 5. The summed E-state index contributed by atoms with van der Waals surface area (Å²) in [5, 5.41) is 5.22. The van der Waals surface area contributed by atoms with Crippen molar-refractivity contribution < 1.29 is 64.5 Å². The van der Waals surface area contributed by atoms with E-state index in [-0.39, 0.29) is 44.9 Å². The first-order chi connectivity index (χ1) is 33.1. The second-order valence-corrected chi connectivity index (χ2v) is 22.4. The third kappa shape index (κ3) is 10.9. The Bertz CT molecular complexity index is 2550. The Morgan fingerprint density at radius 1 is 1.09 bits per heavy atom. The first-order valence-corrected chi connectivity index (χ1v) is 26.0. The zero-order chi connectivity index (χ0) is 50.2. The fourth-order valence-electron chi connectivity index (χ4n) is 9.13. The van der Waals surface area contributed by atoms with Gasteiger partial charge < -0.3 is 39.2 Å². The maximum absolute atomic E-state index is 15.2. The number of rotatable bonds is 12. The number of sulfonamides is 1. The van der Waals surface area contributed by atoms with Gasteiger partial charge in [0, 0.05) is 49.3 Å². The van der Waals surface area contributed by atoms with Gasteiger partial charge in [0.15, 0.2) is 0 Å². The highest BCUT2D eigenvalue weighted by molar-refractivity contribution is 7.91. The minimum absolute atomic E-state index is 0.0381. The first kappa shape index (κ1) is 51.0. The quantitative estimate of drug-likeness (QED) is 0.163. The average Bonchev–Trinajstić information content (AvgIpc) is 4.06. The van der Waals surface area contributed by atoms with Gasteiger partial charge in [-0.15, -0.1) is 11.3 Å². The number of aromatic nitrogens is 2. The highest BCUT2D eigenvalue weighted by atomic mass is 32.2. The number of halogens is 3. The average molecular weight is 1020 g/mol. The number of carbonyl (C=O) groups is 4. The Balaban J connectivity index is 1.15. The molecule has 8 rings (SSSR count). The van der Waals surface area contributed by atoms with Crippen LogP contribution >= 0.6 is 11.3 Å². The van der Waals surface area contributed by atoms with Gasteiger partial charge in [-0.3, -0.25) is 24.1 Å². The molecule has 0 bridgehead atoms. The summed E-state index contributed by atoms with van der Waals surface area (Å²) in [5.41, 5.74) is -1.26. The molecule has 2 aliphatic carbocycles. The predicted octanol–water partition coefficient (Wildman–Crippen LogP) is 6.62. The van der Waals surface area contributed by atoms with Crippen molar-refractivity contribution >= 4 is 45.2 Å². The van der Waals surface area contributed by atoms with Crippen LogP contribution in [0.15, 0.2) is 60.3 Å². The van der Waals surface area contributed by atoms with Gasteiger partial charge in [-0.2, -0.15) is 13.2 Å². The molecule has 4 fully saturated rings. The SMILES string of the molecule is CC[C@@H]1O[C@H](C)CC/C=C\[C@@H]2C[C@@]2(C(=O)NS(=O)(=O)C2(C)CC2)NC(=O)[C@@H]2C[C@@H](Oc3cc(-c4ccc(OC(C)C)cc4)nc(-c4cncs4)c3)CN2C(=O)[C@H]1NC(=O)OC1(C(F)(F)F)CCCOC1. The fraction of sp³-hybridized carbons (Fsp3) is 0.583. The number of allylic oxidation sites excluding steroid dienone is 1. The van der Waals surface area contributed by atoms with Crippen LogP contribution in [-0.4, -0.2) is 125 Å². The number of benzene rings is 1. The molecule has 5 aliphatic rings. The topological polar surface area (TPSA) is 214 Å². The zero-order valence-electron chi connectivity index (χ0n) is 39.6. The number of fused-ring (bicyclic) bond motifs is 2. The molecule has 1 aromatic carbocycles. The van der Waals surface area contributed by atoms with Crippen LogP contribution in [0.2, 0.25) is 0 Å². The lowest BCUT2D eigenvalue weighted by molar-refractivity contribution is -0.285. The smallest absolute Gasteiger partial charge is 0.430 e. The van der Waals surface area contributed by atoms with E-state index in [1.165, 1.54) is 18.3 Å². The van der Waals surface area contributed by atoms with Crippen molar-refractivity contribution in [2.75, 3.05) is 19.8 Å².